The Morgan fingerprint density at radius 2 is 0.907 bits per heavy atom. The minimum Gasteiger partial charge on any atom is -0.264 e. The fraction of sp³-hybridized carbons (Fsp3) is 0.0250. The maximum atomic E-state index is 4.37. The van der Waals surface area contributed by atoms with Gasteiger partial charge in [0.25, 0.3) is 0 Å². The molecule has 0 aliphatic carbocycles. The van der Waals surface area contributed by atoms with Crippen LogP contribution in [0.4, 0.5) is 0 Å². The Morgan fingerprint density at radius 3 is 1.33 bits per heavy atom. The summed E-state index contributed by atoms with van der Waals surface area (Å²) < 4.78 is 0. The van der Waals surface area contributed by atoms with Crippen molar-refractivity contribution in [3.63, 3.8) is 0 Å². The van der Waals surface area contributed by atoms with Crippen molar-refractivity contribution >= 4 is 5.57 Å². The van der Waals surface area contributed by atoms with Crippen molar-refractivity contribution in [2.75, 3.05) is 0 Å². The average molecular weight is 554 g/mol. The van der Waals surface area contributed by atoms with E-state index in [-0.39, 0.29) is 0 Å². The Kier molecular flexibility index (Phi) is 8.24. The van der Waals surface area contributed by atoms with E-state index in [1.807, 2.05) is 61.9 Å². The van der Waals surface area contributed by atoms with Crippen molar-refractivity contribution < 1.29 is 0 Å². The third-order valence-corrected chi connectivity index (χ3v) is 7.40. The number of rotatable bonds is 8. The number of hydrogen-bond donors (Lipinski definition) is 0. The molecule has 0 unspecified atom stereocenters. The van der Waals surface area contributed by atoms with Gasteiger partial charge in [0.15, 0.2) is 0 Å². The van der Waals surface area contributed by atoms with Gasteiger partial charge in [-0.3, -0.25) is 15.0 Å². The topological polar surface area (TPSA) is 38.7 Å². The van der Waals surface area contributed by atoms with E-state index in [0.717, 1.165) is 66.8 Å². The number of aromatic nitrogens is 3. The monoisotopic (exact) mass is 553 g/mol. The second-order valence-corrected chi connectivity index (χ2v) is 10.3. The quantitative estimate of drug-likeness (QED) is 0.176. The van der Waals surface area contributed by atoms with Crippen molar-refractivity contribution in [3.05, 3.63) is 171 Å². The summed E-state index contributed by atoms with van der Waals surface area (Å²) in [5, 5.41) is 0. The van der Waals surface area contributed by atoms with Gasteiger partial charge in [-0.15, -0.1) is 0 Å². The van der Waals surface area contributed by atoms with E-state index in [2.05, 4.69) is 106 Å². The summed E-state index contributed by atoms with van der Waals surface area (Å²) >= 11 is 0. The Hall–Kier alpha value is -5.67. The molecule has 0 saturated heterocycles. The van der Waals surface area contributed by atoms with Crippen molar-refractivity contribution in [2.45, 2.75) is 6.92 Å². The van der Waals surface area contributed by atoms with E-state index in [9.17, 15) is 0 Å². The molecule has 0 bridgehead atoms. The van der Waals surface area contributed by atoms with Gasteiger partial charge in [0, 0.05) is 53.9 Å². The third-order valence-electron chi connectivity index (χ3n) is 7.40. The van der Waals surface area contributed by atoms with Gasteiger partial charge in [-0.05, 0) is 118 Å². The Morgan fingerprint density at radius 1 is 0.512 bits per heavy atom. The van der Waals surface area contributed by atoms with Gasteiger partial charge in [0.2, 0.25) is 0 Å². The predicted octanol–water partition coefficient (Wildman–Crippen LogP) is 10.4. The van der Waals surface area contributed by atoms with Crippen LogP contribution in [0.15, 0.2) is 165 Å². The van der Waals surface area contributed by atoms with E-state index in [1.54, 1.807) is 18.6 Å². The molecular weight excluding hydrogens is 522 g/mol. The minimum absolute atomic E-state index is 1.06. The molecule has 0 fully saturated rings. The summed E-state index contributed by atoms with van der Waals surface area (Å²) in [7, 11) is 0. The van der Waals surface area contributed by atoms with Gasteiger partial charge < -0.3 is 0 Å². The number of pyridine rings is 3. The number of nitrogens with zero attached hydrogens (tertiary/aromatic N) is 3. The number of allylic oxidation sites excluding steroid dienone is 5. The molecule has 3 heteroatoms. The van der Waals surface area contributed by atoms with Gasteiger partial charge in [-0.25, -0.2) is 0 Å². The standard InChI is InChI=1S/C40H31N3/c1-3-5-10-29(4-2)35-20-36(22-38(21-35)32-13-7-16-41-26-32)30-11-6-12-31(19-30)37-23-39(33-14-8-17-42-27-33)25-40(24-37)34-15-9-18-43-28-34/h3-28H,2H2,1H3/b5-3-,29-10+. The predicted molar refractivity (Wildman–Crippen MR) is 180 cm³/mol. The summed E-state index contributed by atoms with van der Waals surface area (Å²) in [6, 6.07) is 34.3. The lowest BCUT2D eigenvalue weighted by Gasteiger charge is -2.14. The SMILES string of the molecule is C=C/C(=C\C=C/C)c1cc(-c2cccnc2)cc(-c2cccc(-c3cc(-c4cccnc4)cc(-c4cccnc4)c3)c2)c1. The lowest BCUT2D eigenvalue weighted by Crippen LogP contribution is -1.90. The highest BCUT2D eigenvalue weighted by Gasteiger charge is 2.11. The lowest BCUT2D eigenvalue weighted by atomic mass is 9.91. The largest absolute Gasteiger partial charge is 0.264 e. The summed E-state index contributed by atoms with van der Waals surface area (Å²) in [5.74, 6) is 0. The maximum absolute atomic E-state index is 4.37. The molecule has 206 valence electrons. The molecule has 3 aromatic heterocycles. The first-order valence-electron chi connectivity index (χ1n) is 14.3. The van der Waals surface area contributed by atoms with Crippen LogP contribution in [0.1, 0.15) is 12.5 Å². The zero-order valence-electron chi connectivity index (χ0n) is 24.1. The summed E-state index contributed by atoms with van der Waals surface area (Å²) in [6.07, 6.45) is 19.2. The Balaban J connectivity index is 1.50. The van der Waals surface area contributed by atoms with Crippen molar-refractivity contribution in [1.82, 2.24) is 15.0 Å². The molecule has 0 spiro atoms. The van der Waals surface area contributed by atoms with Crippen LogP contribution in [-0.2, 0) is 0 Å². The maximum Gasteiger partial charge on any atom is 0.0346 e. The molecule has 3 aromatic carbocycles. The molecule has 3 nitrogen and oxygen atoms in total. The van der Waals surface area contributed by atoms with Gasteiger partial charge >= 0.3 is 0 Å². The third kappa shape index (κ3) is 6.32. The molecule has 0 amide bonds. The molecule has 0 aliphatic rings. The van der Waals surface area contributed by atoms with Crippen LogP contribution >= 0.6 is 0 Å². The summed E-state index contributed by atoms with van der Waals surface area (Å²) in [6.45, 7) is 6.11. The molecule has 0 N–H and O–H groups in total. The van der Waals surface area contributed by atoms with Crippen molar-refractivity contribution in [3.8, 4) is 55.6 Å². The smallest absolute Gasteiger partial charge is 0.0346 e. The van der Waals surface area contributed by atoms with Crippen LogP contribution in [0.25, 0.3) is 61.2 Å². The Bertz CT molecular complexity index is 1860. The molecule has 6 aromatic rings. The van der Waals surface area contributed by atoms with Crippen LogP contribution in [0, 0.1) is 0 Å². The van der Waals surface area contributed by atoms with E-state index in [0.29, 0.717) is 0 Å². The highest BCUT2D eigenvalue weighted by atomic mass is 14.6. The van der Waals surface area contributed by atoms with Crippen LogP contribution < -0.4 is 0 Å². The Labute approximate surface area is 253 Å². The van der Waals surface area contributed by atoms with Gasteiger partial charge in [-0.2, -0.15) is 0 Å². The molecule has 6 rings (SSSR count). The summed E-state index contributed by atoms with van der Waals surface area (Å²) in [4.78, 5) is 13.1. The van der Waals surface area contributed by atoms with Crippen molar-refractivity contribution in [2.24, 2.45) is 0 Å². The molecular formula is C40H31N3. The normalized spacial score (nSPS) is 11.5. The number of benzene rings is 3. The number of hydrogen-bond acceptors (Lipinski definition) is 3. The van der Waals surface area contributed by atoms with Crippen molar-refractivity contribution in [1.29, 1.82) is 0 Å². The fourth-order valence-corrected chi connectivity index (χ4v) is 5.22. The first-order chi connectivity index (χ1) is 21.2. The fourth-order valence-electron chi connectivity index (χ4n) is 5.22. The van der Waals surface area contributed by atoms with Gasteiger partial charge in [0.05, 0.1) is 0 Å². The molecule has 0 aliphatic heterocycles. The van der Waals surface area contributed by atoms with E-state index in [1.165, 1.54) is 0 Å². The highest BCUT2D eigenvalue weighted by Crippen LogP contribution is 2.36. The lowest BCUT2D eigenvalue weighted by molar-refractivity contribution is 1.32. The second-order valence-electron chi connectivity index (χ2n) is 10.3. The van der Waals surface area contributed by atoms with Crippen LogP contribution in [0.5, 0.6) is 0 Å². The minimum atomic E-state index is 1.06. The van der Waals surface area contributed by atoms with E-state index in [4.69, 9.17) is 0 Å². The van der Waals surface area contributed by atoms with Crippen LogP contribution in [-0.4, -0.2) is 15.0 Å². The zero-order chi connectivity index (χ0) is 29.4. The van der Waals surface area contributed by atoms with E-state index < -0.39 is 0 Å². The molecule has 3 heterocycles. The second kappa shape index (κ2) is 12.9. The molecule has 43 heavy (non-hydrogen) atoms. The highest BCUT2D eigenvalue weighted by molar-refractivity contribution is 5.86. The molecule has 0 radical (unpaired) electrons. The molecule has 0 saturated carbocycles. The first-order valence-corrected chi connectivity index (χ1v) is 14.3. The van der Waals surface area contributed by atoms with Crippen LogP contribution in [0.3, 0.4) is 0 Å². The average Bonchev–Trinajstić information content (AvgIpc) is 3.09. The van der Waals surface area contributed by atoms with Gasteiger partial charge in [-0.1, -0.05) is 67.3 Å². The van der Waals surface area contributed by atoms with Crippen LogP contribution in [0.2, 0.25) is 0 Å². The summed E-state index contributed by atoms with van der Waals surface area (Å²) in [5.41, 5.74) is 13.2. The van der Waals surface area contributed by atoms with E-state index >= 15 is 0 Å². The zero-order valence-corrected chi connectivity index (χ0v) is 24.1. The first kappa shape index (κ1) is 27.5. The molecule has 0 atom stereocenters. The van der Waals surface area contributed by atoms with Gasteiger partial charge in [0.1, 0.15) is 0 Å².